The lowest BCUT2D eigenvalue weighted by atomic mass is 10.1. The van der Waals surface area contributed by atoms with Crippen LogP contribution in [0.25, 0.3) is 6.08 Å². The Morgan fingerprint density at radius 1 is 1.11 bits per heavy atom. The summed E-state index contributed by atoms with van der Waals surface area (Å²) in [4.78, 5) is 33.5. The fourth-order valence-electron chi connectivity index (χ4n) is 2.99. The van der Waals surface area contributed by atoms with Gasteiger partial charge in [0.05, 0.1) is 42.3 Å². The summed E-state index contributed by atoms with van der Waals surface area (Å²) >= 11 is 13.9. The van der Waals surface area contributed by atoms with E-state index in [1.165, 1.54) is 25.3 Å². The van der Waals surface area contributed by atoms with Crippen LogP contribution in [0.4, 0.5) is 17.1 Å². The number of benzene rings is 3. The molecule has 0 aliphatic heterocycles. The molecular weight excluding hydrogens is 642 g/mol. The third-order valence-corrected chi connectivity index (χ3v) is 6.31. The van der Waals surface area contributed by atoms with Crippen molar-refractivity contribution < 1.29 is 24.1 Å². The number of carbonyl (C=O) groups is 1. The van der Waals surface area contributed by atoms with Gasteiger partial charge in [-0.3, -0.25) is 25.0 Å². The van der Waals surface area contributed by atoms with E-state index in [4.69, 9.17) is 32.7 Å². The summed E-state index contributed by atoms with van der Waals surface area (Å²) in [5.74, 6) is -0.764. The molecule has 0 spiro atoms. The summed E-state index contributed by atoms with van der Waals surface area (Å²) in [7, 11) is 1.33. The van der Waals surface area contributed by atoms with E-state index in [0.29, 0.717) is 9.13 Å². The minimum absolute atomic E-state index is 0.0888. The van der Waals surface area contributed by atoms with Crippen LogP contribution in [0, 0.1) is 35.1 Å². The van der Waals surface area contributed by atoms with Crippen LogP contribution in [0.15, 0.2) is 54.1 Å². The number of methoxy groups -OCH3 is 1. The van der Waals surface area contributed by atoms with Gasteiger partial charge in [-0.25, -0.2) is 0 Å². The number of hydrogen-bond donors (Lipinski definition) is 1. The molecule has 14 heteroatoms. The van der Waals surface area contributed by atoms with Gasteiger partial charge in [-0.2, -0.15) is 5.26 Å². The zero-order valence-corrected chi connectivity index (χ0v) is 22.2. The molecule has 3 aromatic rings. The molecule has 3 aromatic carbocycles. The number of halogens is 3. The Bertz CT molecular complexity index is 1510. The first-order valence-electron chi connectivity index (χ1n) is 9.91. The van der Waals surface area contributed by atoms with Crippen molar-refractivity contribution >= 4 is 74.8 Å². The molecule has 0 saturated carbocycles. The third-order valence-electron chi connectivity index (χ3n) is 4.69. The van der Waals surface area contributed by atoms with Gasteiger partial charge in [-0.05, 0) is 64.6 Å². The average Bonchev–Trinajstić information content (AvgIpc) is 2.86. The summed E-state index contributed by atoms with van der Waals surface area (Å²) in [6, 6.07) is 12.4. The van der Waals surface area contributed by atoms with Crippen molar-refractivity contribution in [3.63, 3.8) is 0 Å². The number of nitriles is 1. The number of nitrogens with one attached hydrogen (secondary N) is 1. The first-order chi connectivity index (χ1) is 17.5. The molecule has 3 rings (SSSR count). The summed E-state index contributed by atoms with van der Waals surface area (Å²) < 4.78 is 11.5. The number of hydrogen-bond acceptors (Lipinski definition) is 8. The zero-order chi connectivity index (χ0) is 27.3. The van der Waals surface area contributed by atoms with Gasteiger partial charge in [0.1, 0.15) is 11.6 Å². The second kappa shape index (κ2) is 11.9. The second-order valence-corrected chi connectivity index (χ2v) is 8.98. The van der Waals surface area contributed by atoms with Crippen LogP contribution in [0.3, 0.4) is 0 Å². The number of anilines is 1. The van der Waals surface area contributed by atoms with E-state index in [9.17, 15) is 30.3 Å². The summed E-state index contributed by atoms with van der Waals surface area (Å²) in [6.07, 6.45) is 1.30. The van der Waals surface area contributed by atoms with E-state index in [2.05, 4.69) is 5.32 Å². The standard InChI is InChI=1S/C23H13Cl2IN4O7/c1-36-20-9-12(7-13(11-27)23(31)28-17-4-2-3-15(24)21(17)25)8-16(26)22(20)37-19-6-5-14(29(32)33)10-18(19)30(34)35/h2-10H,1H3,(H,28,31)/b13-7+. The minimum Gasteiger partial charge on any atom is -0.493 e. The van der Waals surface area contributed by atoms with E-state index >= 15 is 0 Å². The Hall–Kier alpha value is -3.93. The van der Waals surface area contributed by atoms with Crippen molar-refractivity contribution in [2.75, 3.05) is 12.4 Å². The van der Waals surface area contributed by atoms with E-state index in [1.54, 1.807) is 18.2 Å². The Morgan fingerprint density at radius 2 is 1.84 bits per heavy atom. The fourth-order valence-corrected chi connectivity index (χ4v) is 4.07. The highest BCUT2D eigenvalue weighted by Crippen LogP contribution is 2.41. The molecule has 0 aliphatic carbocycles. The molecule has 0 unspecified atom stereocenters. The van der Waals surface area contributed by atoms with Crippen molar-refractivity contribution in [1.82, 2.24) is 0 Å². The maximum absolute atomic E-state index is 12.7. The molecule has 188 valence electrons. The van der Waals surface area contributed by atoms with Crippen molar-refractivity contribution in [3.05, 3.63) is 93.5 Å². The van der Waals surface area contributed by atoms with Crippen LogP contribution in [-0.4, -0.2) is 22.9 Å². The molecule has 11 nitrogen and oxygen atoms in total. The average molecular weight is 655 g/mol. The molecule has 0 bridgehead atoms. The molecular formula is C23H13Cl2IN4O7. The Morgan fingerprint density at radius 3 is 2.46 bits per heavy atom. The van der Waals surface area contributed by atoms with Crippen LogP contribution in [0.2, 0.25) is 10.0 Å². The van der Waals surface area contributed by atoms with E-state index in [0.717, 1.165) is 18.2 Å². The number of rotatable bonds is 8. The number of nitrogens with zero attached hydrogens (tertiary/aromatic N) is 3. The van der Waals surface area contributed by atoms with Crippen LogP contribution in [0.5, 0.6) is 17.2 Å². The van der Waals surface area contributed by atoms with Crippen LogP contribution in [0.1, 0.15) is 5.56 Å². The highest BCUT2D eigenvalue weighted by atomic mass is 127. The number of non-ortho nitro benzene ring substituents is 1. The lowest BCUT2D eigenvalue weighted by Gasteiger charge is -2.13. The molecule has 0 radical (unpaired) electrons. The number of amides is 1. The van der Waals surface area contributed by atoms with Gasteiger partial charge in [0.15, 0.2) is 11.5 Å². The number of nitro benzene ring substituents is 2. The predicted molar refractivity (Wildman–Crippen MR) is 144 cm³/mol. The van der Waals surface area contributed by atoms with Gasteiger partial charge in [0.2, 0.25) is 5.75 Å². The van der Waals surface area contributed by atoms with Crippen molar-refractivity contribution in [1.29, 1.82) is 5.26 Å². The topological polar surface area (TPSA) is 158 Å². The Kier molecular flexibility index (Phi) is 8.87. The summed E-state index contributed by atoms with van der Waals surface area (Å²) in [6.45, 7) is 0. The van der Waals surface area contributed by atoms with Gasteiger partial charge < -0.3 is 14.8 Å². The molecule has 1 amide bonds. The first-order valence-corrected chi connectivity index (χ1v) is 11.7. The van der Waals surface area contributed by atoms with Gasteiger partial charge in [-0.15, -0.1) is 0 Å². The molecule has 0 aromatic heterocycles. The van der Waals surface area contributed by atoms with Crippen LogP contribution in [-0.2, 0) is 4.79 Å². The van der Waals surface area contributed by atoms with E-state index in [-0.39, 0.29) is 38.6 Å². The molecule has 1 N–H and O–H groups in total. The van der Waals surface area contributed by atoms with Gasteiger partial charge in [-0.1, -0.05) is 29.3 Å². The molecule has 0 fully saturated rings. The highest BCUT2D eigenvalue weighted by molar-refractivity contribution is 14.1. The van der Waals surface area contributed by atoms with E-state index < -0.39 is 27.1 Å². The van der Waals surface area contributed by atoms with Gasteiger partial charge >= 0.3 is 5.69 Å². The Balaban J connectivity index is 1.96. The second-order valence-electron chi connectivity index (χ2n) is 7.03. The zero-order valence-electron chi connectivity index (χ0n) is 18.5. The highest BCUT2D eigenvalue weighted by Gasteiger charge is 2.23. The number of carbonyl (C=O) groups excluding carboxylic acids is 1. The lowest BCUT2D eigenvalue weighted by Crippen LogP contribution is -2.13. The molecule has 0 heterocycles. The molecule has 0 atom stereocenters. The molecule has 37 heavy (non-hydrogen) atoms. The maximum atomic E-state index is 12.7. The quantitative estimate of drug-likeness (QED) is 0.0917. The monoisotopic (exact) mass is 654 g/mol. The maximum Gasteiger partial charge on any atom is 0.318 e. The van der Waals surface area contributed by atoms with Crippen molar-refractivity contribution in [2.45, 2.75) is 0 Å². The first kappa shape index (κ1) is 27.7. The van der Waals surface area contributed by atoms with E-state index in [1.807, 2.05) is 28.7 Å². The minimum atomic E-state index is -0.803. The SMILES string of the molecule is COc1cc(/C=C(\C#N)C(=O)Nc2cccc(Cl)c2Cl)cc(I)c1Oc1ccc([N+](=O)[O-])cc1[N+](=O)[O-]. The van der Waals surface area contributed by atoms with Gasteiger partial charge in [0.25, 0.3) is 11.6 Å². The third kappa shape index (κ3) is 6.45. The summed E-state index contributed by atoms with van der Waals surface area (Å²) in [5.41, 5.74) is -0.730. The van der Waals surface area contributed by atoms with Crippen LogP contribution < -0.4 is 14.8 Å². The Labute approximate surface area is 232 Å². The largest absolute Gasteiger partial charge is 0.493 e. The number of ether oxygens (including phenoxy) is 2. The fraction of sp³-hybridized carbons (Fsp3) is 0.0435. The van der Waals surface area contributed by atoms with Gasteiger partial charge in [0, 0.05) is 6.07 Å². The normalized spacial score (nSPS) is 10.8. The molecule has 0 saturated heterocycles. The lowest BCUT2D eigenvalue weighted by molar-refractivity contribution is -0.394. The predicted octanol–water partition coefficient (Wildman–Crippen LogP) is 6.76. The van der Waals surface area contributed by atoms with Crippen molar-refractivity contribution in [2.24, 2.45) is 0 Å². The van der Waals surface area contributed by atoms with Crippen molar-refractivity contribution in [3.8, 4) is 23.3 Å². The summed E-state index contributed by atoms with van der Waals surface area (Å²) in [5, 5.41) is 34.8. The van der Waals surface area contributed by atoms with Crippen LogP contribution >= 0.6 is 45.8 Å². The molecule has 0 aliphatic rings. The smallest absolute Gasteiger partial charge is 0.318 e. The number of nitro groups is 2.